The van der Waals surface area contributed by atoms with Gasteiger partial charge in [0.2, 0.25) is 5.91 Å². The Bertz CT molecular complexity index is 481. The number of carbonyl (C=O) groups is 1. The van der Waals surface area contributed by atoms with Crippen molar-refractivity contribution in [3.63, 3.8) is 0 Å². The van der Waals surface area contributed by atoms with Crippen molar-refractivity contribution in [1.82, 2.24) is 10.2 Å². The SMILES string of the molecule is CCC1NC(CCc2ccccc2)C(=O)N1C1CC(C)C1. The minimum absolute atomic E-state index is 0.00561. The van der Waals surface area contributed by atoms with Crippen LogP contribution in [0.1, 0.15) is 45.1 Å². The number of aryl methyl sites for hydroxylation is 1. The van der Waals surface area contributed by atoms with Crippen molar-refractivity contribution in [2.24, 2.45) is 5.92 Å². The first-order valence-corrected chi connectivity index (χ1v) is 8.31. The third-order valence-electron chi connectivity index (χ3n) is 4.98. The number of carbonyl (C=O) groups excluding carboxylic acids is 1. The van der Waals surface area contributed by atoms with Crippen molar-refractivity contribution < 1.29 is 4.79 Å². The Morgan fingerprint density at radius 2 is 1.95 bits per heavy atom. The smallest absolute Gasteiger partial charge is 0.241 e. The lowest BCUT2D eigenvalue weighted by Crippen LogP contribution is -2.50. The Hall–Kier alpha value is -1.35. The van der Waals surface area contributed by atoms with Gasteiger partial charge in [-0.1, -0.05) is 44.2 Å². The molecule has 1 amide bonds. The highest BCUT2D eigenvalue weighted by Crippen LogP contribution is 2.35. The van der Waals surface area contributed by atoms with E-state index in [-0.39, 0.29) is 12.2 Å². The largest absolute Gasteiger partial charge is 0.323 e. The van der Waals surface area contributed by atoms with E-state index in [0.29, 0.717) is 11.9 Å². The first-order valence-electron chi connectivity index (χ1n) is 8.31. The van der Waals surface area contributed by atoms with Gasteiger partial charge >= 0.3 is 0 Å². The summed E-state index contributed by atoms with van der Waals surface area (Å²) < 4.78 is 0. The van der Waals surface area contributed by atoms with E-state index in [0.717, 1.165) is 25.2 Å². The van der Waals surface area contributed by atoms with Gasteiger partial charge in [0.15, 0.2) is 0 Å². The molecule has 2 unspecified atom stereocenters. The molecule has 3 nitrogen and oxygen atoms in total. The first-order chi connectivity index (χ1) is 10.2. The number of nitrogens with one attached hydrogen (secondary N) is 1. The van der Waals surface area contributed by atoms with Crippen LogP contribution in [0.3, 0.4) is 0 Å². The lowest BCUT2D eigenvalue weighted by Gasteiger charge is -2.42. The fourth-order valence-electron chi connectivity index (χ4n) is 3.72. The lowest BCUT2D eigenvalue weighted by molar-refractivity contribution is -0.135. The average molecular weight is 286 g/mol. The van der Waals surface area contributed by atoms with Gasteiger partial charge in [0.05, 0.1) is 12.2 Å². The third kappa shape index (κ3) is 2.98. The van der Waals surface area contributed by atoms with Crippen molar-refractivity contribution >= 4 is 5.91 Å². The molecule has 1 aromatic rings. The highest BCUT2D eigenvalue weighted by Gasteiger charge is 2.44. The van der Waals surface area contributed by atoms with Gasteiger partial charge in [-0.3, -0.25) is 10.1 Å². The molecule has 3 heteroatoms. The number of amides is 1. The van der Waals surface area contributed by atoms with E-state index in [1.807, 2.05) is 6.07 Å². The van der Waals surface area contributed by atoms with Gasteiger partial charge < -0.3 is 4.90 Å². The van der Waals surface area contributed by atoms with E-state index >= 15 is 0 Å². The topological polar surface area (TPSA) is 32.3 Å². The number of benzene rings is 1. The quantitative estimate of drug-likeness (QED) is 0.902. The predicted molar refractivity (Wildman–Crippen MR) is 84.8 cm³/mol. The van der Waals surface area contributed by atoms with Gasteiger partial charge in [-0.05, 0) is 43.6 Å². The van der Waals surface area contributed by atoms with Crippen LogP contribution in [0.5, 0.6) is 0 Å². The molecule has 2 aliphatic rings. The molecule has 3 rings (SSSR count). The number of rotatable bonds is 5. The Kier molecular flexibility index (Phi) is 4.29. The Morgan fingerprint density at radius 3 is 2.57 bits per heavy atom. The van der Waals surface area contributed by atoms with Crippen LogP contribution in [0.15, 0.2) is 30.3 Å². The third-order valence-corrected chi connectivity index (χ3v) is 4.98. The van der Waals surface area contributed by atoms with Crippen LogP contribution in [-0.2, 0) is 11.2 Å². The summed E-state index contributed by atoms with van der Waals surface area (Å²) in [4.78, 5) is 14.8. The molecular weight excluding hydrogens is 260 g/mol. The summed E-state index contributed by atoms with van der Waals surface area (Å²) in [7, 11) is 0. The molecule has 1 aliphatic heterocycles. The zero-order chi connectivity index (χ0) is 14.8. The standard InChI is InChI=1S/C18H26N2O/c1-3-17-19-16(10-9-14-7-5-4-6-8-14)18(21)20(17)15-11-13(2)12-15/h4-8,13,15-17,19H,3,9-12H2,1-2H3. The second-order valence-corrected chi connectivity index (χ2v) is 6.64. The lowest BCUT2D eigenvalue weighted by atomic mass is 9.80. The van der Waals surface area contributed by atoms with E-state index < -0.39 is 0 Å². The number of nitrogens with zero attached hydrogens (tertiary/aromatic N) is 1. The summed E-state index contributed by atoms with van der Waals surface area (Å²) in [5, 5.41) is 3.55. The molecule has 0 bridgehead atoms. The van der Waals surface area contributed by atoms with Crippen molar-refractivity contribution in [2.75, 3.05) is 0 Å². The predicted octanol–water partition coefficient (Wildman–Crippen LogP) is 2.95. The maximum Gasteiger partial charge on any atom is 0.241 e. The molecule has 1 aliphatic carbocycles. The maximum absolute atomic E-state index is 12.7. The van der Waals surface area contributed by atoms with Gasteiger partial charge in [-0.2, -0.15) is 0 Å². The number of hydrogen-bond acceptors (Lipinski definition) is 2. The second-order valence-electron chi connectivity index (χ2n) is 6.64. The Balaban J connectivity index is 1.60. The van der Waals surface area contributed by atoms with Crippen LogP contribution in [-0.4, -0.2) is 29.1 Å². The molecule has 21 heavy (non-hydrogen) atoms. The summed E-state index contributed by atoms with van der Waals surface area (Å²) in [5.74, 6) is 1.11. The van der Waals surface area contributed by atoms with E-state index in [4.69, 9.17) is 0 Å². The van der Waals surface area contributed by atoms with Crippen LogP contribution >= 0.6 is 0 Å². The van der Waals surface area contributed by atoms with Gasteiger partial charge in [0.25, 0.3) is 0 Å². The fraction of sp³-hybridized carbons (Fsp3) is 0.611. The molecule has 0 aromatic heterocycles. The van der Waals surface area contributed by atoms with Crippen LogP contribution in [0.25, 0.3) is 0 Å². The fourth-order valence-corrected chi connectivity index (χ4v) is 3.72. The van der Waals surface area contributed by atoms with Crippen molar-refractivity contribution in [2.45, 2.75) is 64.2 Å². The zero-order valence-electron chi connectivity index (χ0n) is 13.1. The van der Waals surface area contributed by atoms with Gasteiger partial charge in [0.1, 0.15) is 0 Å². The van der Waals surface area contributed by atoms with Gasteiger partial charge in [0, 0.05) is 6.04 Å². The molecule has 1 saturated carbocycles. The van der Waals surface area contributed by atoms with Gasteiger partial charge in [-0.25, -0.2) is 0 Å². The van der Waals surface area contributed by atoms with Crippen molar-refractivity contribution in [3.8, 4) is 0 Å². The van der Waals surface area contributed by atoms with Crippen molar-refractivity contribution in [1.29, 1.82) is 0 Å². The highest BCUT2D eigenvalue weighted by molar-refractivity contribution is 5.84. The van der Waals surface area contributed by atoms with E-state index in [2.05, 4.69) is 48.3 Å². The van der Waals surface area contributed by atoms with Gasteiger partial charge in [-0.15, -0.1) is 0 Å². The van der Waals surface area contributed by atoms with Crippen LogP contribution in [0.2, 0.25) is 0 Å². The van der Waals surface area contributed by atoms with Crippen LogP contribution < -0.4 is 5.32 Å². The minimum Gasteiger partial charge on any atom is -0.323 e. The molecule has 1 N–H and O–H groups in total. The molecule has 114 valence electrons. The van der Waals surface area contributed by atoms with E-state index in [1.165, 1.54) is 18.4 Å². The highest BCUT2D eigenvalue weighted by atomic mass is 16.2. The second kappa shape index (κ2) is 6.18. The molecule has 0 radical (unpaired) electrons. The van der Waals surface area contributed by atoms with E-state index in [1.54, 1.807) is 0 Å². The Morgan fingerprint density at radius 1 is 1.24 bits per heavy atom. The van der Waals surface area contributed by atoms with Crippen LogP contribution in [0.4, 0.5) is 0 Å². The molecule has 1 heterocycles. The molecular formula is C18H26N2O. The average Bonchev–Trinajstić information content (AvgIpc) is 2.79. The maximum atomic E-state index is 12.7. The molecule has 2 atom stereocenters. The number of hydrogen-bond donors (Lipinski definition) is 1. The van der Waals surface area contributed by atoms with Crippen LogP contribution in [0, 0.1) is 5.92 Å². The Labute approximate surface area is 127 Å². The molecule has 0 spiro atoms. The summed E-state index contributed by atoms with van der Waals surface area (Å²) in [6.45, 7) is 4.44. The minimum atomic E-state index is 0.00561. The molecule has 2 fully saturated rings. The normalized spacial score (nSPS) is 32.3. The van der Waals surface area contributed by atoms with Crippen molar-refractivity contribution in [3.05, 3.63) is 35.9 Å². The summed E-state index contributed by atoms with van der Waals surface area (Å²) in [6.07, 6.45) is 5.47. The summed E-state index contributed by atoms with van der Waals surface area (Å²) in [5.41, 5.74) is 1.32. The summed E-state index contributed by atoms with van der Waals surface area (Å²) in [6, 6.07) is 10.9. The van der Waals surface area contributed by atoms with E-state index in [9.17, 15) is 4.79 Å². The zero-order valence-corrected chi connectivity index (χ0v) is 13.1. The molecule has 1 saturated heterocycles. The molecule has 1 aromatic carbocycles. The summed E-state index contributed by atoms with van der Waals surface area (Å²) >= 11 is 0. The first kappa shape index (κ1) is 14.6. The monoisotopic (exact) mass is 286 g/mol.